The summed E-state index contributed by atoms with van der Waals surface area (Å²) in [7, 11) is 0.992. The predicted molar refractivity (Wildman–Crippen MR) is 92.7 cm³/mol. The van der Waals surface area contributed by atoms with Crippen molar-refractivity contribution in [2.45, 2.75) is 40.0 Å². The molecular weight excluding hydrogens is 291 g/mol. The highest BCUT2D eigenvalue weighted by Gasteiger charge is 2.11. The minimum Gasteiger partial charge on any atom is -0.450 e. The van der Waals surface area contributed by atoms with E-state index in [2.05, 4.69) is 31.4 Å². The van der Waals surface area contributed by atoms with Gasteiger partial charge in [-0.15, -0.1) is 0 Å². The normalized spacial score (nSPS) is 11.0. The van der Waals surface area contributed by atoms with Gasteiger partial charge in [-0.2, -0.15) is 0 Å². The minimum atomic E-state index is -0.147. The molecule has 1 aromatic carbocycles. The zero-order valence-electron chi connectivity index (χ0n) is 14.2. The average molecular weight is 317 g/mol. The van der Waals surface area contributed by atoms with E-state index in [1.165, 1.54) is 0 Å². The van der Waals surface area contributed by atoms with Gasteiger partial charge in [-0.3, -0.25) is 9.59 Å². The van der Waals surface area contributed by atoms with Crippen LogP contribution in [0, 0.1) is 5.41 Å². The Kier molecular flexibility index (Phi) is 7.82. The van der Waals surface area contributed by atoms with Crippen molar-refractivity contribution in [3.05, 3.63) is 29.8 Å². The highest BCUT2D eigenvalue weighted by atomic mass is 16.2. The quantitative estimate of drug-likeness (QED) is 0.494. The molecule has 0 spiro atoms. The molecule has 5 nitrogen and oxygen atoms in total. The van der Waals surface area contributed by atoms with Crippen molar-refractivity contribution in [1.29, 1.82) is 0 Å². The summed E-state index contributed by atoms with van der Waals surface area (Å²) in [5.41, 5.74) is 1.30. The number of nitrogens with one attached hydrogen (secondary N) is 2. The molecule has 1 aromatic rings. The van der Waals surface area contributed by atoms with E-state index < -0.39 is 0 Å². The molecule has 23 heavy (non-hydrogen) atoms. The second-order valence-electron chi connectivity index (χ2n) is 6.80. The molecule has 0 aliphatic heterocycles. The molecular formula is C17H26BN2O3. The molecule has 6 heteroatoms. The molecule has 0 aliphatic carbocycles. The molecule has 0 fully saturated rings. The Labute approximate surface area is 139 Å². The first-order valence-corrected chi connectivity index (χ1v) is 7.94. The fourth-order valence-electron chi connectivity index (χ4n) is 1.89. The van der Waals surface area contributed by atoms with Gasteiger partial charge in [0.25, 0.3) is 5.91 Å². The number of unbranched alkanes of at least 4 members (excludes halogenated alkanes) is 1. The van der Waals surface area contributed by atoms with Gasteiger partial charge in [-0.25, -0.2) is 0 Å². The van der Waals surface area contributed by atoms with Gasteiger partial charge in [0.1, 0.15) is 0 Å². The minimum absolute atomic E-state index is 0.0575. The van der Waals surface area contributed by atoms with Crippen LogP contribution in [-0.4, -0.2) is 37.4 Å². The van der Waals surface area contributed by atoms with Crippen molar-refractivity contribution in [2.75, 3.05) is 13.1 Å². The summed E-state index contributed by atoms with van der Waals surface area (Å²) < 4.78 is 0. The molecule has 0 bridgehead atoms. The molecule has 1 rings (SSSR count). The summed E-state index contributed by atoms with van der Waals surface area (Å²) in [6.45, 7) is 7.44. The van der Waals surface area contributed by atoms with Gasteiger partial charge in [-0.1, -0.05) is 38.4 Å². The summed E-state index contributed by atoms with van der Waals surface area (Å²) in [4.78, 5) is 23.5. The molecule has 2 amide bonds. The summed E-state index contributed by atoms with van der Waals surface area (Å²) in [6.07, 6.45) is 1.98. The topological polar surface area (TPSA) is 78.4 Å². The van der Waals surface area contributed by atoms with Gasteiger partial charge in [0, 0.05) is 25.1 Å². The monoisotopic (exact) mass is 317 g/mol. The number of hydrogen-bond donors (Lipinski definition) is 3. The van der Waals surface area contributed by atoms with Crippen LogP contribution >= 0.6 is 0 Å². The van der Waals surface area contributed by atoms with Crippen molar-refractivity contribution in [3.63, 3.8) is 0 Å². The maximum Gasteiger partial charge on any atom is 0.326 e. The molecule has 125 valence electrons. The standard InChI is InChI=1S/C17H26BN2O3/c1-17(2,3)12-20-15(21)6-4-5-11-19-16(22)13-7-9-14(18-23)10-8-13/h7-10,23H,4-6,11-12H2,1-3H3,(H,19,22)(H,20,21). The number of carbonyl (C=O) groups excluding carboxylic acids is 2. The number of hydrogen-bond acceptors (Lipinski definition) is 3. The van der Waals surface area contributed by atoms with E-state index in [9.17, 15) is 9.59 Å². The Hall–Kier alpha value is -1.82. The lowest BCUT2D eigenvalue weighted by Gasteiger charge is -2.18. The summed E-state index contributed by atoms with van der Waals surface area (Å²) in [5.74, 6) is -0.0891. The molecule has 3 N–H and O–H groups in total. The van der Waals surface area contributed by atoms with E-state index in [4.69, 9.17) is 5.02 Å². The van der Waals surface area contributed by atoms with Crippen LogP contribution < -0.4 is 16.1 Å². The number of benzene rings is 1. The largest absolute Gasteiger partial charge is 0.450 e. The van der Waals surface area contributed by atoms with Crippen molar-refractivity contribution < 1.29 is 14.6 Å². The number of carbonyl (C=O) groups is 2. The van der Waals surface area contributed by atoms with E-state index in [0.29, 0.717) is 30.5 Å². The number of amides is 2. The van der Waals surface area contributed by atoms with Crippen LogP contribution in [-0.2, 0) is 4.79 Å². The Bertz CT molecular complexity index is 510. The Morgan fingerprint density at radius 1 is 1.09 bits per heavy atom. The predicted octanol–water partition coefficient (Wildman–Crippen LogP) is 0.986. The van der Waals surface area contributed by atoms with Crippen LogP contribution in [0.15, 0.2) is 24.3 Å². The first-order chi connectivity index (χ1) is 10.8. The summed E-state index contributed by atoms with van der Waals surface area (Å²) in [5, 5.41) is 14.6. The zero-order chi connectivity index (χ0) is 17.3. The Morgan fingerprint density at radius 2 is 1.74 bits per heavy atom. The molecule has 0 atom stereocenters. The SMILES string of the molecule is CC(C)(C)CNC(=O)CCCCNC(=O)c1ccc([B]O)cc1. The second-order valence-corrected chi connectivity index (χ2v) is 6.80. The molecule has 0 heterocycles. The van der Waals surface area contributed by atoms with Crippen LogP contribution in [0.4, 0.5) is 0 Å². The van der Waals surface area contributed by atoms with Crippen molar-refractivity contribution >= 4 is 24.8 Å². The highest BCUT2D eigenvalue weighted by Crippen LogP contribution is 2.10. The van der Waals surface area contributed by atoms with Gasteiger partial charge in [0.2, 0.25) is 5.91 Å². The van der Waals surface area contributed by atoms with Crippen LogP contribution in [0.5, 0.6) is 0 Å². The van der Waals surface area contributed by atoms with Gasteiger partial charge in [0.15, 0.2) is 0 Å². The average Bonchev–Trinajstić information content (AvgIpc) is 2.51. The first kappa shape index (κ1) is 19.2. The van der Waals surface area contributed by atoms with E-state index in [1.807, 2.05) is 0 Å². The van der Waals surface area contributed by atoms with E-state index in [1.54, 1.807) is 24.3 Å². The maximum atomic E-state index is 11.9. The maximum absolute atomic E-state index is 11.9. The smallest absolute Gasteiger partial charge is 0.326 e. The fourth-order valence-corrected chi connectivity index (χ4v) is 1.89. The van der Waals surface area contributed by atoms with Gasteiger partial charge in [0.05, 0.1) is 0 Å². The zero-order valence-corrected chi connectivity index (χ0v) is 14.2. The van der Waals surface area contributed by atoms with E-state index in [-0.39, 0.29) is 17.2 Å². The fraction of sp³-hybridized carbons (Fsp3) is 0.529. The number of rotatable bonds is 8. The van der Waals surface area contributed by atoms with Crippen LogP contribution in [0.3, 0.4) is 0 Å². The molecule has 0 aromatic heterocycles. The third-order valence-corrected chi connectivity index (χ3v) is 3.25. The van der Waals surface area contributed by atoms with E-state index >= 15 is 0 Å². The van der Waals surface area contributed by atoms with Crippen molar-refractivity contribution in [2.24, 2.45) is 5.41 Å². The molecule has 0 saturated carbocycles. The van der Waals surface area contributed by atoms with Crippen LogP contribution in [0.25, 0.3) is 0 Å². The molecule has 1 radical (unpaired) electrons. The van der Waals surface area contributed by atoms with Gasteiger partial charge in [-0.05, 0) is 30.4 Å². The third kappa shape index (κ3) is 8.40. The Balaban J connectivity index is 2.16. The third-order valence-electron chi connectivity index (χ3n) is 3.25. The lowest BCUT2D eigenvalue weighted by Crippen LogP contribution is -2.32. The van der Waals surface area contributed by atoms with Crippen LogP contribution in [0.2, 0.25) is 0 Å². The lowest BCUT2D eigenvalue weighted by atomic mass is 9.88. The second kappa shape index (κ2) is 9.35. The lowest BCUT2D eigenvalue weighted by molar-refractivity contribution is -0.121. The molecule has 0 aliphatic rings. The summed E-state index contributed by atoms with van der Waals surface area (Å²) in [6, 6.07) is 6.68. The van der Waals surface area contributed by atoms with E-state index in [0.717, 1.165) is 20.3 Å². The van der Waals surface area contributed by atoms with Gasteiger partial charge < -0.3 is 15.7 Å². The Morgan fingerprint density at radius 3 is 2.30 bits per heavy atom. The molecule has 0 unspecified atom stereocenters. The van der Waals surface area contributed by atoms with Crippen molar-refractivity contribution in [1.82, 2.24) is 10.6 Å². The highest BCUT2D eigenvalue weighted by molar-refractivity contribution is 6.45. The van der Waals surface area contributed by atoms with Crippen molar-refractivity contribution in [3.8, 4) is 0 Å². The van der Waals surface area contributed by atoms with Crippen LogP contribution in [0.1, 0.15) is 50.4 Å². The first-order valence-electron chi connectivity index (χ1n) is 7.94. The summed E-state index contributed by atoms with van der Waals surface area (Å²) >= 11 is 0. The van der Waals surface area contributed by atoms with Gasteiger partial charge >= 0.3 is 7.48 Å². The molecule has 0 saturated heterocycles.